The lowest BCUT2D eigenvalue weighted by Crippen LogP contribution is -2.02. The number of aromatic nitrogens is 4. The molecule has 0 saturated heterocycles. The van der Waals surface area contributed by atoms with E-state index in [1.165, 1.54) is 18.2 Å². The van der Waals surface area contributed by atoms with Crippen LogP contribution in [0.25, 0.3) is 131 Å². The molecule has 0 aliphatic carbocycles. The van der Waals surface area contributed by atoms with E-state index < -0.39 is 265 Å². The number of fused-ring (bicyclic) bond motifs is 12. The van der Waals surface area contributed by atoms with Gasteiger partial charge in [-0.05, 0) is 88.8 Å². The van der Waals surface area contributed by atoms with Crippen molar-refractivity contribution in [2.75, 3.05) is 0 Å². The van der Waals surface area contributed by atoms with Crippen LogP contribution in [0.15, 0.2) is 210 Å². The third-order valence-corrected chi connectivity index (χ3v) is 11.9. The van der Waals surface area contributed by atoms with Crippen molar-refractivity contribution in [1.29, 1.82) is 0 Å². The molecule has 0 amide bonds. The van der Waals surface area contributed by atoms with Crippen molar-refractivity contribution >= 4 is 97.2 Å². The average Bonchev–Trinajstić information content (AvgIpc) is 1.55. The normalized spacial score (nSPS) is 18.8. The van der Waals surface area contributed by atoms with E-state index in [0.717, 1.165) is 20.5 Å². The minimum Gasteiger partial charge on any atom is -0.452 e. The second-order valence-corrected chi connectivity index (χ2v) is 15.2. The van der Waals surface area contributed by atoms with E-state index >= 15 is 0 Å². The Morgan fingerprint density at radius 2 is 1.06 bits per heavy atom. The summed E-state index contributed by atoms with van der Waals surface area (Å²) in [6, 6.07) is -21.2. The minimum atomic E-state index is -1.04. The van der Waals surface area contributed by atoms with Gasteiger partial charge in [-0.25, -0.2) is 9.97 Å². The maximum absolute atomic E-state index is 10.1. The van der Waals surface area contributed by atoms with Crippen LogP contribution in [0.5, 0.6) is 0 Å². The number of hydrogen-bond acceptors (Lipinski definition) is 4. The van der Waals surface area contributed by atoms with E-state index in [9.17, 15) is 15.1 Å². The van der Waals surface area contributed by atoms with Crippen LogP contribution in [-0.4, -0.2) is 19.1 Å². The summed E-state index contributed by atoms with van der Waals surface area (Å²) < 4.78 is 289. The zero-order chi connectivity index (χ0) is 68.9. The molecule has 0 bridgehead atoms. The van der Waals surface area contributed by atoms with Crippen molar-refractivity contribution in [3.8, 4) is 45.1 Å². The van der Waals surface area contributed by atoms with E-state index in [2.05, 4.69) is 0 Å². The fourth-order valence-electron chi connectivity index (χ4n) is 8.02. The highest BCUT2D eigenvalue weighted by Gasteiger charge is 2.23. The van der Waals surface area contributed by atoms with Crippen molar-refractivity contribution < 1.29 is 46.9 Å². The SMILES string of the molecule is [2H]c1c([2H])c([2H])c(-c2nc(-n3c4c([2H])c([2H])c([2H])c([2H])c4c4c([2H])c(-c5c([2H])c([2H])c6c(c5[2H])c5c([2H])c([2H])c([2H])c([2H])c5n6-c5c([2H])c([2H])c([2H])c([2H])c5[2H])c([2H])c([2H])c43)nc3c2oc2ccc(-c4c([2H])c([2H])c([2H])c5c4sc4c([2H])c([2H])c([2H])c([2H])c45)cc23)c([2H])c1[2H]. The lowest BCUT2D eigenvalue weighted by molar-refractivity contribution is 0.666. The molecule has 9 aromatic carbocycles. The van der Waals surface area contributed by atoms with Gasteiger partial charge in [0.25, 0.3) is 0 Å². The van der Waals surface area contributed by atoms with Gasteiger partial charge in [-0.15, -0.1) is 11.3 Å². The van der Waals surface area contributed by atoms with E-state index in [1.54, 1.807) is 0 Å². The second-order valence-electron chi connectivity index (χ2n) is 14.2. The van der Waals surface area contributed by atoms with Gasteiger partial charge >= 0.3 is 0 Å². The van der Waals surface area contributed by atoms with Crippen molar-refractivity contribution in [3.05, 3.63) is 206 Å². The van der Waals surface area contributed by atoms with Crippen LogP contribution in [-0.2, 0) is 0 Å². The van der Waals surface area contributed by atoms with E-state index in [4.69, 9.17) is 41.8 Å². The molecule has 0 saturated carbocycles. The molecule has 64 heavy (non-hydrogen) atoms. The molecule has 0 atom stereocenters. The monoisotopic (exact) mass is 865 g/mol. The molecule has 0 aliphatic heterocycles. The van der Waals surface area contributed by atoms with Gasteiger partial charge in [-0.3, -0.25) is 4.57 Å². The second kappa shape index (κ2) is 13.6. The van der Waals surface area contributed by atoms with Crippen LogP contribution >= 0.6 is 11.3 Å². The molecular weight excluding hydrogens is 801 g/mol. The van der Waals surface area contributed by atoms with E-state index in [-0.39, 0.29) is 53.4 Å². The van der Waals surface area contributed by atoms with Gasteiger partial charge in [0.1, 0.15) is 16.8 Å². The number of benzene rings is 9. The summed E-state index contributed by atoms with van der Waals surface area (Å²) in [6.07, 6.45) is 0. The van der Waals surface area contributed by atoms with E-state index in [0.29, 0.717) is 0 Å². The predicted octanol–water partition coefficient (Wildman–Crippen LogP) is 15.9. The molecule has 5 heterocycles. The first kappa shape index (κ1) is 16.8. The fraction of sp³-hybridized carbons (Fsp3) is 0. The zero-order valence-electron chi connectivity index (χ0n) is 62.8. The van der Waals surface area contributed by atoms with Crippen LogP contribution in [0.4, 0.5) is 0 Å². The molecule has 14 rings (SSSR count). The molecule has 5 aromatic heterocycles. The van der Waals surface area contributed by atoms with Crippen LogP contribution in [0.1, 0.15) is 42.5 Å². The van der Waals surface area contributed by atoms with Crippen LogP contribution < -0.4 is 0 Å². The van der Waals surface area contributed by atoms with Gasteiger partial charge in [-0.1, -0.05) is 139 Å². The Labute approximate surface area is 413 Å². The molecule has 0 radical (unpaired) electrons. The highest BCUT2D eigenvalue weighted by Crippen LogP contribution is 2.43. The van der Waals surface area contributed by atoms with E-state index in [1.807, 2.05) is 0 Å². The summed E-state index contributed by atoms with van der Waals surface area (Å²) in [6.45, 7) is 0. The zero-order valence-corrected chi connectivity index (χ0v) is 32.7. The van der Waals surface area contributed by atoms with Gasteiger partial charge in [-0.2, -0.15) is 0 Å². The number of para-hydroxylation sites is 3. The Balaban J connectivity index is 1.13. The van der Waals surface area contributed by atoms with Crippen molar-refractivity contribution in [2.24, 2.45) is 0 Å². The molecule has 0 unspecified atom stereocenters. The van der Waals surface area contributed by atoms with Crippen LogP contribution in [0.3, 0.4) is 0 Å². The molecular formula is C58H34N4OS. The molecule has 298 valence electrons. The number of rotatable bonds is 5. The first-order valence-corrected chi connectivity index (χ1v) is 19.9. The topological polar surface area (TPSA) is 48.8 Å². The van der Waals surface area contributed by atoms with Crippen molar-refractivity contribution in [1.82, 2.24) is 19.1 Å². The molecule has 6 heteroatoms. The molecule has 0 N–H and O–H groups in total. The lowest BCUT2D eigenvalue weighted by Gasteiger charge is -2.10. The number of thiophene rings is 1. The highest BCUT2D eigenvalue weighted by molar-refractivity contribution is 7.26. The molecule has 0 spiro atoms. The van der Waals surface area contributed by atoms with Gasteiger partial charge in [0, 0.05) is 58.4 Å². The van der Waals surface area contributed by atoms with Gasteiger partial charge in [0.2, 0.25) is 5.95 Å². The van der Waals surface area contributed by atoms with Crippen LogP contribution in [0.2, 0.25) is 0 Å². The summed E-state index contributed by atoms with van der Waals surface area (Å²) in [5.41, 5.74) is -6.67. The summed E-state index contributed by atoms with van der Waals surface area (Å²) in [4.78, 5) is 9.60. The maximum atomic E-state index is 10.1. The standard InChI is InChI=1S/C58H34N4OS/c1-3-14-35(15-4-1)54-56-55(47-34-38(28-31-52(47)63-56)40-21-13-22-44-43-20-9-12-25-53(43)64-57(40)44)60-58(59-54)62-49-24-11-8-19-42(49)46-33-37(27-30-51(46)62)36-26-29-50-45(32-36)41-18-7-10-23-48(41)61(50)39-16-5-2-6-17-39/h1-34H/i1D,2D,3D,4D,5D,6D,7D,8D,9D,10D,11D,12D,13D,14D,15D,16D,17D,18D,19D,20D,21D,22D,23D,24D,25D,26D,27D,29D,30D,32D,33D. The summed E-state index contributed by atoms with van der Waals surface area (Å²) in [7, 11) is 0. The molecule has 0 fully saturated rings. The molecule has 5 nitrogen and oxygen atoms in total. The van der Waals surface area contributed by atoms with Gasteiger partial charge in [0.05, 0.1) is 64.6 Å². The third-order valence-electron chi connectivity index (χ3n) is 10.7. The largest absolute Gasteiger partial charge is 0.452 e. The van der Waals surface area contributed by atoms with Gasteiger partial charge in [0.15, 0.2) is 5.58 Å². The maximum Gasteiger partial charge on any atom is 0.236 e. The highest BCUT2D eigenvalue weighted by atomic mass is 32.1. The molecule has 0 aliphatic rings. The summed E-state index contributed by atoms with van der Waals surface area (Å²) >= 11 is 0.842. The Morgan fingerprint density at radius 1 is 0.453 bits per heavy atom. The predicted molar refractivity (Wildman–Crippen MR) is 267 cm³/mol. The average molecular weight is 866 g/mol. The quantitative estimate of drug-likeness (QED) is 0.173. The number of hydrogen-bond donors (Lipinski definition) is 0. The Hall–Kier alpha value is -8.32. The third kappa shape index (κ3) is 5.17. The summed E-state index contributed by atoms with van der Waals surface area (Å²) in [5.74, 6) is -0.729. The Bertz CT molecular complexity index is 6010. The number of nitrogens with zero attached hydrogens (tertiary/aromatic N) is 4. The van der Waals surface area contributed by atoms with Gasteiger partial charge < -0.3 is 8.98 Å². The lowest BCUT2D eigenvalue weighted by atomic mass is 10.0. The smallest absolute Gasteiger partial charge is 0.236 e. The first-order chi connectivity index (χ1) is 44.6. The first-order valence-electron chi connectivity index (χ1n) is 34.5. The Morgan fingerprint density at radius 3 is 1.81 bits per heavy atom. The van der Waals surface area contributed by atoms with Crippen LogP contribution in [0, 0.1) is 0 Å². The summed E-state index contributed by atoms with van der Waals surface area (Å²) in [5, 5.41) is -2.48. The Kier molecular flexibility index (Phi) is 3.56. The fourth-order valence-corrected chi connectivity index (χ4v) is 9.10. The van der Waals surface area contributed by atoms with Crippen molar-refractivity contribution in [3.63, 3.8) is 0 Å². The van der Waals surface area contributed by atoms with Crippen molar-refractivity contribution in [2.45, 2.75) is 0 Å². The molecule has 14 aromatic rings. The number of furan rings is 1. The minimum absolute atomic E-state index is 0.0158.